The predicted molar refractivity (Wildman–Crippen MR) is 38.4 cm³/mol. The van der Waals surface area contributed by atoms with Crippen molar-refractivity contribution < 1.29 is 13.5 Å². The summed E-state index contributed by atoms with van der Waals surface area (Å²) in [7, 11) is 1.36. The highest BCUT2D eigenvalue weighted by atomic mass is 19.3. The number of aliphatic imine (C=N–C) groups is 1. The summed E-state index contributed by atoms with van der Waals surface area (Å²) in [5.74, 6) is 0.0920. The molecule has 11 heavy (non-hydrogen) atoms. The number of hydrogen-bond donors (Lipinski definition) is 1. The molecule has 2 N–H and O–H groups in total. The van der Waals surface area contributed by atoms with Gasteiger partial charge in [0.1, 0.15) is 0 Å². The van der Waals surface area contributed by atoms with Gasteiger partial charge in [-0.25, -0.2) is 4.99 Å². The van der Waals surface area contributed by atoms with Crippen LogP contribution in [0.15, 0.2) is 16.4 Å². The van der Waals surface area contributed by atoms with Crippen LogP contribution in [-0.4, -0.2) is 19.9 Å². The minimum absolute atomic E-state index is 0.0920. The third-order valence-electron chi connectivity index (χ3n) is 0.989. The molecule has 0 aromatic rings. The van der Waals surface area contributed by atoms with Crippen LogP contribution in [0.1, 0.15) is 6.92 Å². The zero-order valence-corrected chi connectivity index (χ0v) is 6.34. The van der Waals surface area contributed by atoms with Gasteiger partial charge in [-0.15, -0.1) is 0 Å². The molecular formula is C6H10F2N2O. The first-order valence-corrected chi connectivity index (χ1v) is 2.89. The molecule has 0 saturated carbocycles. The van der Waals surface area contributed by atoms with E-state index in [0.29, 0.717) is 5.57 Å². The maximum atomic E-state index is 11.5. The van der Waals surface area contributed by atoms with E-state index in [9.17, 15) is 8.78 Å². The van der Waals surface area contributed by atoms with E-state index in [1.54, 1.807) is 0 Å². The number of nitrogens with two attached hydrogens (primary N) is 1. The summed E-state index contributed by atoms with van der Waals surface area (Å²) in [4.78, 5) is 2.82. The van der Waals surface area contributed by atoms with Gasteiger partial charge >= 0.3 is 6.55 Å². The molecule has 0 fully saturated rings. The Morgan fingerprint density at radius 3 is 2.55 bits per heavy atom. The second-order valence-corrected chi connectivity index (χ2v) is 1.81. The zero-order valence-electron chi connectivity index (χ0n) is 6.34. The molecular weight excluding hydrogens is 154 g/mol. The Hall–Kier alpha value is -1.13. The first-order chi connectivity index (χ1) is 5.07. The summed E-state index contributed by atoms with van der Waals surface area (Å²) in [6.07, 6.45) is 0.976. The minimum atomic E-state index is -2.70. The van der Waals surface area contributed by atoms with Gasteiger partial charge in [-0.1, -0.05) is 0 Å². The third-order valence-corrected chi connectivity index (χ3v) is 0.989. The van der Waals surface area contributed by atoms with Crippen LogP contribution in [0.2, 0.25) is 0 Å². The fourth-order valence-electron chi connectivity index (χ4n) is 0.393. The van der Waals surface area contributed by atoms with Gasteiger partial charge in [0.05, 0.1) is 7.11 Å². The van der Waals surface area contributed by atoms with Crippen molar-refractivity contribution in [2.24, 2.45) is 10.7 Å². The molecule has 0 unspecified atom stereocenters. The molecule has 0 aliphatic rings. The van der Waals surface area contributed by atoms with Gasteiger partial charge in [-0.2, -0.15) is 8.78 Å². The fraction of sp³-hybridized carbons (Fsp3) is 0.500. The predicted octanol–water partition coefficient (Wildman–Crippen LogP) is 1.12. The Labute approximate surface area is 63.6 Å². The van der Waals surface area contributed by atoms with E-state index in [1.807, 2.05) is 0 Å². The van der Waals surface area contributed by atoms with E-state index >= 15 is 0 Å². The average Bonchev–Trinajstić information content (AvgIpc) is 1.98. The first kappa shape index (κ1) is 9.87. The SMILES string of the molecule is CO/C(N)=C(C)/C=N/C(F)F. The maximum Gasteiger partial charge on any atom is 0.331 e. The van der Waals surface area contributed by atoms with Gasteiger partial charge in [-0.05, 0) is 6.92 Å². The molecule has 3 nitrogen and oxygen atoms in total. The Morgan fingerprint density at radius 2 is 2.18 bits per heavy atom. The van der Waals surface area contributed by atoms with Crippen LogP contribution in [0.25, 0.3) is 0 Å². The molecule has 0 spiro atoms. The van der Waals surface area contributed by atoms with E-state index in [2.05, 4.69) is 9.73 Å². The molecule has 64 valence electrons. The summed E-state index contributed by atoms with van der Waals surface area (Å²) in [6.45, 7) is -1.17. The average molecular weight is 164 g/mol. The Kier molecular flexibility index (Phi) is 4.17. The quantitative estimate of drug-likeness (QED) is 0.386. The van der Waals surface area contributed by atoms with Crippen LogP contribution in [0.4, 0.5) is 8.78 Å². The number of rotatable bonds is 3. The van der Waals surface area contributed by atoms with Crippen molar-refractivity contribution in [2.75, 3.05) is 7.11 Å². The number of allylic oxidation sites excluding steroid dienone is 1. The highest BCUT2D eigenvalue weighted by Gasteiger charge is 1.96. The number of halogens is 2. The standard InChI is InChI=1S/C6H10F2N2O/c1-4(5(9)11-2)3-10-6(7)8/h3,6H,9H2,1-2H3/b5-4+,10-3+. The molecule has 0 amide bonds. The van der Waals surface area contributed by atoms with Gasteiger partial charge in [0.25, 0.3) is 0 Å². The van der Waals surface area contributed by atoms with Gasteiger partial charge < -0.3 is 10.5 Å². The summed E-state index contributed by atoms with van der Waals surface area (Å²) < 4.78 is 27.5. The number of hydrogen-bond acceptors (Lipinski definition) is 3. The summed E-state index contributed by atoms with van der Waals surface area (Å²) in [5, 5.41) is 0. The first-order valence-electron chi connectivity index (χ1n) is 2.89. The lowest BCUT2D eigenvalue weighted by Gasteiger charge is -1.99. The lowest BCUT2D eigenvalue weighted by Crippen LogP contribution is -2.03. The normalized spacial score (nSPS) is 13.9. The second kappa shape index (κ2) is 4.65. The van der Waals surface area contributed by atoms with Crippen LogP contribution < -0.4 is 5.73 Å². The van der Waals surface area contributed by atoms with Crippen molar-refractivity contribution in [3.05, 3.63) is 11.5 Å². The minimum Gasteiger partial charge on any atom is -0.482 e. The van der Waals surface area contributed by atoms with Crippen LogP contribution >= 0.6 is 0 Å². The fourth-order valence-corrected chi connectivity index (χ4v) is 0.393. The maximum absolute atomic E-state index is 11.5. The van der Waals surface area contributed by atoms with Gasteiger partial charge in [0.2, 0.25) is 0 Å². The highest BCUT2D eigenvalue weighted by molar-refractivity contribution is 5.78. The van der Waals surface area contributed by atoms with Crippen LogP contribution in [0.3, 0.4) is 0 Å². The second-order valence-electron chi connectivity index (χ2n) is 1.81. The molecule has 0 aliphatic heterocycles. The molecule has 0 aromatic heterocycles. The third kappa shape index (κ3) is 4.30. The van der Waals surface area contributed by atoms with E-state index in [-0.39, 0.29) is 5.88 Å². The van der Waals surface area contributed by atoms with Crippen LogP contribution in [0, 0.1) is 0 Å². The topological polar surface area (TPSA) is 47.6 Å². The molecule has 0 rings (SSSR count). The van der Waals surface area contributed by atoms with Crippen molar-refractivity contribution in [3.8, 4) is 0 Å². The molecule has 0 aromatic carbocycles. The molecule has 0 heterocycles. The summed E-state index contributed by atoms with van der Waals surface area (Å²) in [6, 6.07) is 0. The summed E-state index contributed by atoms with van der Waals surface area (Å²) >= 11 is 0. The molecule has 0 atom stereocenters. The summed E-state index contributed by atoms with van der Waals surface area (Å²) in [5.41, 5.74) is 5.61. The van der Waals surface area contributed by atoms with Crippen molar-refractivity contribution in [2.45, 2.75) is 13.5 Å². The number of methoxy groups -OCH3 is 1. The largest absolute Gasteiger partial charge is 0.482 e. The Bertz CT molecular complexity index is 177. The number of alkyl halides is 2. The highest BCUT2D eigenvalue weighted by Crippen LogP contribution is 1.98. The van der Waals surface area contributed by atoms with Gasteiger partial charge in [0, 0.05) is 11.8 Å². The van der Waals surface area contributed by atoms with Gasteiger partial charge in [0.15, 0.2) is 5.88 Å². The van der Waals surface area contributed by atoms with Crippen molar-refractivity contribution in [3.63, 3.8) is 0 Å². The number of nitrogens with zero attached hydrogens (tertiary/aromatic N) is 1. The van der Waals surface area contributed by atoms with Gasteiger partial charge in [-0.3, -0.25) is 0 Å². The molecule has 0 radical (unpaired) electrons. The van der Waals surface area contributed by atoms with Crippen LogP contribution in [-0.2, 0) is 4.74 Å². The Balaban J connectivity index is 4.15. The zero-order chi connectivity index (χ0) is 8.85. The monoisotopic (exact) mass is 164 g/mol. The number of ether oxygens (including phenoxy) is 1. The molecule has 0 bridgehead atoms. The lowest BCUT2D eigenvalue weighted by atomic mass is 10.3. The van der Waals surface area contributed by atoms with Crippen molar-refractivity contribution >= 4 is 6.21 Å². The van der Waals surface area contributed by atoms with Crippen LogP contribution in [0.5, 0.6) is 0 Å². The molecule has 0 aliphatic carbocycles. The van der Waals surface area contributed by atoms with Crippen molar-refractivity contribution in [1.29, 1.82) is 0 Å². The molecule has 0 saturated heterocycles. The van der Waals surface area contributed by atoms with E-state index in [1.165, 1.54) is 14.0 Å². The van der Waals surface area contributed by atoms with E-state index in [0.717, 1.165) is 6.21 Å². The van der Waals surface area contributed by atoms with E-state index < -0.39 is 6.55 Å². The lowest BCUT2D eigenvalue weighted by molar-refractivity contribution is 0.160. The van der Waals surface area contributed by atoms with E-state index in [4.69, 9.17) is 5.73 Å². The van der Waals surface area contributed by atoms with Crippen molar-refractivity contribution in [1.82, 2.24) is 0 Å². The Morgan fingerprint density at radius 1 is 1.64 bits per heavy atom. The smallest absolute Gasteiger partial charge is 0.331 e. The molecule has 5 heteroatoms.